The van der Waals surface area contributed by atoms with Crippen LogP contribution in [0, 0.1) is 0 Å². The van der Waals surface area contributed by atoms with Crippen LogP contribution in [-0.2, 0) is 0 Å². The van der Waals surface area contributed by atoms with Crippen molar-refractivity contribution in [3.05, 3.63) is 46.5 Å². The van der Waals surface area contributed by atoms with E-state index in [-0.39, 0.29) is 6.04 Å². The molecule has 88 valence electrons. The highest BCUT2D eigenvalue weighted by atomic mass is 35.5. The molecule has 0 fully saturated rings. The van der Waals surface area contributed by atoms with Crippen molar-refractivity contribution in [2.45, 2.75) is 13.0 Å². The number of hydrogen-bond donors (Lipinski definition) is 1. The van der Waals surface area contributed by atoms with Crippen molar-refractivity contribution in [1.82, 2.24) is 9.97 Å². The Morgan fingerprint density at radius 2 is 1.71 bits per heavy atom. The third kappa shape index (κ3) is 2.75. The molecule has 0 aliphatic carbocycles. The summed E-state index contributed by atoms with van der Waals surface area (Å²) < 4.78 is 0. The van der Waals surface area contributed by atoms with E-state index in [1.807, 2.05) is 13.0 Å². The summed E-state index contributed by atoms with van der Waals surface area (Å²) in [4.78, 5) is 8.39. The van der Waals surface area contributed by atoms with Crippen LogP contribution >= 0.6 is 23.2 Å². The Balaban J connectivity index is 2.36. The van der Waals surface area contributed by atoms with Gasteiger partial charge in [-0.25, -0.2) is 9.97 Å². The third-order valence-corrected chi connectivity index (χ3v) is 3.07. The van der Waals surface area contributed by atoms with Gasteiger partial charge in [0.05, 0.1) is 16.1 Å². The second-order valence-corrected chi connectivity index (χ2v) is 4.56. The minimum Gasteiger partial charge on any atom is -0.322 e. The van der Waals surface area contributed by atoms with E-state index in [0.29, 0.717) is 15.9 Å². The van der Waals surface area contributed by atoms with Crippen LogP contribution in [0.15, 0.2) is 30.6 Å². The van der Waals surface area contributed by atoms with E-state index in [1.165, 1.54) is 0 Å². The maximum Gasteiger partial charge on any atom is 0.144 e. The number of aromatic nitrogens is 2. The fraction of sp³-hybridized carbons (Fsp3) is 0.167. The fourth-order valence-electron chi connectivity index (χ4n) is 1.40. The Morgan fingerprint density at radius 3 is 2.24 bits per heavy atom. The van der Waals surface area contributed by atoms with E-state index in [9.17, 15) is 0 Å². The molecule has 2 rings (SSSR count). The van der Waals surface area contributed by atoms with E-state index >= 15 is 0 Å². The van der Waals surface area contributed by atoms with Gasteiger partial charge in [0.2, 0.25) is 0 Å². The lowest BCUT2D eigenvalue weighted by Crippen LogP contribution is -2.09. The molecular weight excluding hydrogens is 257 g/mol. The number of rotatable bonds is 2. The molecular formula is C12H11Cl2N3. The molecule has 0 aliphatic heterocycles. The Hall–Kier alpha value is -1.16. The first-order valence-electron chi connectivity index (χ1n) is 5.11. The van der Waals surface area contributed by atoms with Crippen LogP contribution in [0.25, 0.3) is 11.1 Å². The quantitative estimate of drug-likeness (QED) is 0.907. The first-order valence-corrected chi connectivity index (χ1v) is 5.86. The standard InChI is InChI=1S/C12H11Cl2N3/c1-7(15)12-16-5-9(6-17-12)8-2-3-10(13)11(14)4-8/h2-7H,15H2,1H3. The van der Waals surface area contributed by atoms with Gasteiger partial charge in [-0.3, -0.25) is 0 Å². The predicted molar refractivity (Wildman–Crippen MR) is 70.1 cm³/mol. The zero-order valence-corrected chi connectivity index (χ0v) is 10.7. The van der Waals surface area contributed by atoms with Crippen molar-refractivity contribution in [3.63, 3.8) is 0 Å². The second-order valence-electron chi connectivity index (χ2n) is 3.75. The Labute approximate surface area is 110 Å². The zero-order valence-electron chi connectivity index (χ0n) is 9.19. The summed E-state index contributed by atoms with van der Waals surface area (Å²) in [5, 5.41) is 1.05. The minimum atomic E-state index is -0.169. The molecule has 2 aromatic rings. The van der Waals surface area contributed by atoms with Crippen LogP contribution in [-0.4, -0.2) is 9.97 Å². The van der Waals surface area contributed by atoms with Crippen LogP contribution in [0.2, 0.25) is 10.0 Å². The second kappa shape index (κ2) is 5.00. The molecule has 1 heterocycles. The smallest absolute Gasteiger partial charge is 0.144 e. The highest BCUT2D eigenvalue weighted by Crippen LogP contribution is 2.27. The first kappa shape index (κ1) is 12.3. The topological polar surface area (TPSA) is 51.8 Å². The summed E-state index contributed by atoms with van der Waals surface area (Å²) in [6.07, 6.45) is 3.45. The van der Waals surface area contributed by atoms with Crippen molar-refractivity contribution in [2.75, 3.05) is 0 Å². The molecule has 1 atom stereocenters. The predicted octanol–water partition coefficient (Wildman–Crippen LogP) is 3.47. The molecule has 1 aromatic carbocycles. The monoisotopic (exact) mass is 267 g/mol. The highest BCUT2D eigenvalue weighted by molar-refractivity contribution is 6.42. The average Bonchev–Trinajstić information content (AvgIpc) is 2.33. The largest absolute Gasteiger partial charge is 0.322 e. The summed E-state index contributed by atoms with van der Waals surface area (Å²) in [6, 6.07) is 5.24. The fourth-order valence-corrected chi connectivity index (χ4v) is 1.70. The Bertz CT molecular complexity index is 524. The van der Waals surface area contributed by atoms with Gasteiger partial charge in [0, 0.05) is 18.0 Å². The van der Waals surface area contributed by atoms with Gasteiger partial charge in [-0.05, 0) is 24.6 Å². The maximum atomic E-state index is 5.95. The molecule has 0 saturated heterocycles. The third-order valence-electron chi connectivity index (χ3n) is 2.33. The molecule has 0 amide bonds. The van der Waals surface area contributed by atoms with Gasteiger partial charge >= 0.3 is 0 Å². The van der Waals surface area contributed by atoms with E-state index in [1.54, 1.807) is 24.5 Å². The first-order chi connectivity index (χ1) is 8.08. The summed E-state index contributed by atoms with van der Waals surface area (Å²) in [6.45, 7) is 1.84. The SMILES string of the molecule is CC(N)c1ncc(-c2ccc(Cl)c(Cl)c2)cn1. The van der Waals surface area contributed by atoms with Crippen molar-refractivity contribution in [3.8, 4) is 11.1 Å². The van der Waals surface area contributed by atoms with E-state index in [2.05, 4.69) is 9.97 Å². The lowest BCUT2D eigenvalue weighted by molar-refractivity contribution is 0.739. The molecule has 0 aliphatic rings. The van der Waals surface area contributed by atoms with Crippen molar-refractivity contribution >= 4 is 23.2 Å². The summed E-state index contributed by atoms with van der Waals surface area (Å²) >= 11 is 11.8. The molecule has 3 nitrogen and oxygen atoms in total. The van der Waals surface area contributed by atoms with E-state index in [4.69, 9.17) is 28.9 Å². The summed E-state index contributed by atoms with van der Waals surface area (Å²) in [5.74, 6) is 0.619. The number of halogens is 2. The lowest BCUT2D eigenvalue weighted by atomic mass is 10.1. The number of nitrogens with two attached hydrogens (primary N) is 1. The van der Waals surface area contributed by atoms with Crippen LogP contribution in [0.5, 0.6) is 0 Å². The van der Waals surface area contributed by atoms with Gasteiger partial charge in [-0.2, -0.15) is 0 Å². The Kier molecular flexibility index (Phi) is 3.62. The molecule has 0 radical (unpaired) electrons. The molecule has 0 bridgehead atoms. The normalized spacial score (nSPS) is 12.5. The van der Waals surface area contributed by atoms with Crippen LogP contribution in [0.4, 0.5) is 0 Å². The van der Waals surface area contributed by atoms with Gasteiger partial charge < -0.3 is 5.73 Å². The summed E-state index contributed by atoms with van der Waals surface area (Å²) in [5.41, 5.74) is 7.49. The maximum absolute atomic E-state index is 5.95. The summed E-state index contributed by atoms with van der Waals surface area (Å²) in [7, 11) is 0. The van der Waals surface area contributed by atoms with Gasteiger partial charge in [0.15, 0.2) is 0 Å². The van der Waals surface area contributed by atoms with Crippen molar-refractivity contribution < 1.29 is 0 Å². The van der Waals surface area contributed by atoms with Gasteiger partial charge in [-0.1, -0.05) is 29.3 Å². The van der Waals surface area contributed by atoms with E-state index < -0.39 is 0 Å². The Morgan fingerprint density at radius 1 is 1.06 bits per heavy atom. The molecule has 5 heteroatoms. The van der Waals surface area contributed by atoms with Crippen molar-refractivity contribution in [1.29, 1.82) is 0 Å². The van der Waals surface area contributed by atoms with Crippen LogP contribution in [0.1, 0.15) is 18.8 Å². The molecule has 0 saturated carbocycles. The molecule has 17 heavy (non-hydrogen) atoms. The lowest BCUT2D eigenvalue weighted by Gasteiger charge is -2.06. The van der Waals surface area contributed by atoms with Gasteiger partial charge in [-0.15, -0.1) is 0 Å². The number of benzene rings is 1. The van der Waals surface area contributed by atoms with Gasteiger partial charge in [0.25, 0.3) is 0 Å². The minimum absolute atomic E-state index is 0.169. The van der Waals surface area contributed by atoms with E-state index in [0.717, 1.165) is 11.1 Å². The van der Waals surface area contributed by atoms with Crippen LogP contribution in [0.3, 0.4) is 0 Å². The molecule has 2 N–H and O–H groups in total. The number of hydrogen-bond acceptors (Lipinski definition) is 3. The highest BCUT2D eigenvalue weighted by Gasteiger charge is 2.05. The molecule has 1 aromatic heterocycles. The average molecular weight is 268 g/mol. The molecule has 0 spiro atoms. The van der Waals surface area contributed by atoms with Crippen molar-refractivity contribution in [2.24, 2.45) is 5.73 Å². The molecule has 1 unspecified atom stereocenters. The van der Waals surface area contributed by atoms with Crippen LogP contribution < -0.4 is 5.73 Å². The zero-order chi connectivity index (χ0) is 12.4. The van der Waals surface area contributed by atoms with Gasteiger partial charge in [0.1, 0.15) is 5.82 Å². The number of nitrogens with zero attached hydrogens (tertiary/aromatic N) is 2.